The molecule has 0 radical (unpaired) electrons. The first-order chi connectivity index (χ1) is 12.5. The van der Waals surface area contributed by atoms with Crippen molar-refractivity contribution in [3.63, 3.8) is 0 Å². The zero-order chi connectivity index (χ0) is 18.7. The number of aromatic nitrogens is 1. The second-order valence-corrected chi connectivity index (χ2v) is 6.14. The van der Waals surface area contributed by atoms with Gasteiger partial charge < -0.3 is 24.2 Å². The van der Waals surface area contributed by atoms with E-state index in [-0.39, 0.29) is 24.4 Å². The molecule has 1 aromatic heterocycles. The van der Waals surface area contributed by atoms with E-state index in [4.69, 9.17) is 14.0 Å². The Labute approximate surface area is 151 Å². The van der Waals surface area contributed by atoms with E-state index in [1.54, 1.807) is 36.1 Å². The summed E-state index contributed by atoms with van der Waals surface area (Å²) < 4.78 is 15.4. The van der Waals surface area contributed by atoms with Crippen LogP contribution in [-0.2, 0) is 4.79 Å². The van der Waals surface area contributed by atoms with Crippen molar-refractivity contribution in [1.29, 1.82) is 0 Å². The minimum Gasteiger partial charge on any atom is -0.497 e. The van der Waals surface area contributed by atoms with Gasteiger partial charge in [0, 0.05) is 23.7 Å². The average molecular weight is 359 g/mol. The molecule has 0 saturated heterocycles. The molecule has 2 aromatic rings. The van der Waals surface area contributed by atoms with E-state index in [0.29, 0.717) is 28.6 Å². The highest BCUT2D eigenvalue weighted by atomic mass is 16.5. The van der Waals surface area contributed by atoms with Crippen LogP contribution < -0.4 is 14.8 Å². The molecule has 8 nitrogen and oxygen atoms in total. The highest BCUT2D eigenvalue weighted by Crippen LogP contribution is 2.30. The second-order valence-electron chi connectivity index (χ2n) is 6.14. The van der Waals surface area contributed by atoms with E-state index in [9.17, 15) is 9.59 Å². The maximum Gasteiger partial charge on any atom is 0.254 e. The van der Waals surface area contributed by atoms with Crippen LogP contribution in [0.4, 0.5) is 5.82 Å². The third-order valence-corrected chi connectivity index (χ3v) is 4.06. The van der Waals surface area contributed by atoms with Gasteiger partial charge in [0.2, 0.25) is 5.91 Å². The molecule has 26 heavy (non-hydrogen) atoms. The molecule has 0 bridgehead atoms. The zero-order valence-electron chi connectivity index (χ0n) is 14.9. The van der Waals surface area contributed by atoms with Crippen molar-refractivity contribution < 1.29 is 23.6 Å². The number of carbonyl (C=O) groups excluding carboxylic acids is 2. The maximum absolute atomic E-state index is 13.0. The van der Waals surface area contributed by atoms with Gasteiger partial charge in [-0.25, -0.2) is 0 Å². The van der Waals surface area contributed by atoms with Crippen molar-refractivity contribution in [3.8, 4) is 11.5 Å². The first kappa shape index (κ1) is 17.8. The molecule has 1 fully saturated rings. The van der Waals surface area contributed by atoms with Crippen LogP contribution in [-0.4, -0.2) is 48.7 Å². The van der Waals surface area contributed by atoms with E-state index in [1.807, 2.05) is 0 Å². The standard InChI is InChI=1S/C18H21N3O5/c1-11-6-16(20-26-11)19-17(22)10-21(13-4-5-13)18(23)12-7-14(24-2)9-15(8-12)25-3/h6-9,13H,4-5,10H2,1-3H3,(H,19,20,22). The summed E-state index contributed by atoms with van der Waals surface area (Å²) >= 11 is 0. The zero-order valence-corrected chi connectivity index (χ0v) is 14.9. The third kappa shape index (κ3) is 4.14. The lowest BCUT2D eigenvalue weighted by Gasteiger charge is -2.22. The van der Waals surface area contributed by atoms with Crippen molar-refractivity contribution >= 4 is 17.6 Å². The second kappa shape index (κ2) is 7.47. The van der Waals surface area contributed by atoms with Crippen molar-refractivity contribution in [1.82, 2.24) is 10.1 Å². The Morgan fingerprint density at radius 1 is 1.19 bits per heavy atom. The van der Waals surface area contributed by atoms with Crippen molar-refractivity contribution in [3.05, 3.63) is 35.6 Å². The molecule has 0 spiro atoms. The molecule has 1 N–H and O–H groups in total. The highest BCUT2D eigenvalue weighted by molar-refractivity contribution is 6.00. The topological polar surface area (TPSA) is 93.9 Å². The molecule has 138 valence electrons. The average Bonchev–Trinajstić information content (AvgIpc) is 3.41. The maximum atomic E-state index is 13.0. The molecule has 0 aliphatic heterocycles. The number of hydrogen-bond acceptors (Lipinski definition) is 6. The molecule has 1 aliphatic rings. The fourth-order valence-corrected chi connectivity index (χ4v) is 2.61. The molecular formula is C18H21N3O5. The Morgan fingerprint density at radius 2 is 1.85 bits per heavy atom. The summed E-state index contributed by atoms with van der Waals surface area (Å²) in [6.07, 6.45) is 1.76. The van der Waals surface area contributed by atoms with Gasteiger partial charge in [-0.05, 0) is 31.9 Å². The molecule has 3 rings (SSSR count). The molecule has 0 atom stereocenters. The Hall–Kier alpha value is -3.03. The molecule has 0 unspecified atom stereocenters. The highest BCUT2D eigenvalue weighted by Gasteiger charge is 2.34. The van der Waals surface area contributed by atoms with Gasteiger partial charge in [-0.1, -0.05) is 5.16 Å². The quantitative estimate of drug-likeness (QED) is 0.815. The lowest BCUT2D eigenvalue weighted by atomic mass is 10.1. The minimum absolute atomic E-state index is 0.0597. The van der Waals surface area contributed by atoms with Gasteiger partial charge in [0.05, 0.1) is 14.2 Å². The number of ether oxygens (including phenoxy) is 2. The number of nitrogens with zero attached hydrogens (tertiary/aromatic N) is 2. The van der Waals surface area contributed by atoms with Crippen LogP contribution in [0, 0.1) is 6.92 Å². The number of aryl methyl sites for hydroxylation is 1. The Morgan fingerprint density at radius 3 is 2.35 bits per heavy atom. The van der Waals surface area contributed by atoms with E-state index in [2.05, 4.69) is 10.5 Å². The molecule has 1 saturated carbocycles. The number of carbonyl (C=O) groups is 2. The molecule has 1 heterocycles. The first-order valence-corrected chi connectivity index (χ1v) is 8.27. The predicted octanol–water partition coefficient (Wildman–Crippen LogP) is 2.24. The van der Waals surface area contributed by atoms with Gasteiger partial charge in [0.15, 0.2) is 5.82 Å². The number of rotatable bonds is 7. The summed E-state index contributed by atoms with van der Waals surface area (Å²) in [5, 5.41) is 6.37. The van der Waals surface area contributed by atoms with Crippen LogP contribution in [0.2, 0.25) is 0 Å². The van der Waals surface area contributed by atoms with Crippen LogP contribution in [0.1, 0.15) is 29.0 Å². The third-order valence-electron chi connectivity index (χ3n) is 4.06. The summed E-state index contributed by atoms with van der Waals surface area (Å²) in [7, 11) is 3.05. The van der Waals surface area contributed by atoms with E-state index in [0.717, 1.165) is 12.8 Å². The fourth-order valence-electron chi connectivity index (χ4n) is 2.61. The van der Waals surface area contributed by atoms with Gasteiger partial charge in [-0.2, -0.15) is 0 Å². The first-order valence-electron chi connectivity index (χ1n) is 8.27. The number of nitrogens with one attached hydrogen (secondary N) is 1. The van der Waals surface area contributed by atoms with Crippen LogP contribution >= 0.6 is 0 Å². The summed E-state index contributed by atoms with van der Waals surface area (Å²) in [5.41, 5.74) is 0.415. The Kier molecular flexibility index (Phi) is 5.11. The molecule has 1 aromatic carbocycles. The molecular weight excluding hydrogens is 338 g/mol. The van der Waals surface area contributed by atoms with Crippen LogP contribution in [0.25, 0.3) is 0 Å². The number of hydrogen-bond donors (Lipinski definition) is 1. The molecule has 8 heteroatoms. The Balaban J connectivity index is 1.75. The van der Waals surface area contributed by atoms with E-state index in [1.165, 1.54) is 14.2 Å². The molecule has 2 amide bonds. The SMILES string of the molecule is COc1cc(OC)cc(C(=O)N(CC(=O)Nc2cc(C)on2)C2CC2)c1. The summed E-state index contributed by atoms with van der Waals surface area (Å²) in [6.45, 7) is 1.67. The normalized spacial score (nSPS) is 13.2. The van der Waals surface area contributed by atoms with Gasteiger partial charge in [0.1, 0.15) is 23.8 Å². The monoisotopic (exact) mass is 359 g/mol. The largest absolute Gasteiger partial charge is 0.497 e. The van der Waals surface area contributed by atoms with Gasteiger partial charge >= 0.3 is 0 Å². The Bertz CT molecular complexity index is 791. The van der Waals surface area contributed by atoms with Crippen molar-refractivity contribution in [2.24, 2.45) is 0 Å². The smallest absolute Gasteiger partial charge is 0.254 e. The van der Waals surface area contributed by atoms with Gasteiger partial charge in [0.25, 0.3) is 5.91 Å². The summed E-state index contributed by atoms with van der Waals surface area (Å²) in [5.74, 6) is 1.40. The minimum atomic E-state index is -0.326. The lowest BCUT2D eigenvalue weighted by Crippen LogP contribution is -2.39. The van der Waals surface area contributed by atoms with Crippen LogP contribution in [0.15, 0.2) is 28.8 Å². The number of methoxy groups -OCH3 is 2. The number of amides is 2. The lowest BCUT2D eigenvalue weighted by molar-refractivity contribution is -0.117. The molecule has 1 aliphatic carbocycles. The number of anilines is 1. The van der Waals surface area contributed by atoms with E-state index >= 15 is 0 Å². The van der Waals surface area contributed by atoms with Crippen LogP contribution in [0.3, 0.4) is 0 Å². The predicted molar refractivity (Wildman–Crippen MR) is 93.5 cm³/mol. The van der Waals surface area contributed by atoms with Gasteiger partial charge in [-0.3, -0.25) is 9.59 Å². The summed E-state index contributed by atoms with van der Waals surface area (Å²) in [4.78, 5) is 26.8. The van der Waals surface area contributed by atoms with Gasteiger partial charge in [-0.15, -0.1) is 0 Å². The van der Waals surface area contributed by atoms with Crippen LogP contribution in [0.5, 0.6) is 11.5 Å². The number of benzene rings is 1. The summed E-state index contributed by atoms with van der Waals surface area (Å²) in [6, 6.07) is 6.65. The van der Waals surface area contributed by atoms with Crippen molar-refractivity contribution in [2.75, 3.05) is 26.1 Å². The fraction of sp³-hybridized carbons (Fsp3) is 0.389. The van der Waals surface area contributed by atoms with Crippen molar-refractivity contribution in [2.45, 2.75) is 25.8 Å². The van der Waals surface area contributed by atoms with E-state index < -0.39 is 0 Å².